The number of aromatic nitrogens is 2. The summed E-state index contributed by atoms with van der Waals surface area (Å²) in [5.74, 6) is 0.945. The van der Waals surface area contributed by atoms with Crippen LogP contribution in [0.4, 0.5) is 11.8 Å². The van der Waals surface area contributed by atoms with E-state index in [1.165, 1.54) is 0 Å². The minimum atomic E-state index is -0.00578. The molecule has 0 saturated carbocycles. The Labute approximate surface area is 119 Å². The van der Waals surface area contributed by atoms with Crippen LogP contribution in [0.15, 0.2) is 18.2 Å². The fraction of sp³-hybridized carbons (Fsp3) is 0.467. The number of unbranched alkanes of at least 4 members (excludes halogenated alkanes) is 1. The lowest BCUT2D eigenvalue weighted by Gasteiger charge is -2.18. The van der Waals surface area contributed by atoms with Crippen LogP contribution in [0.2, 0.25) is 0 Å². The number of nitrogens with two attached hydrogens (primary N) is 1. The first-order valence-electron chi connectivity index (χ1n) is 7.05. The summed E-state index contributed by atoms with van der Waals surface area (Å²) in [6.45, 7) is 4.23. The van der Waals surface area contributed by atoms with Gasteiger partial charge < -0.3 is 16.2 Å². The Kier molecular flexibility index (Phi) is 4.74. The molecular weight excluding hydrogens is 252 g/mol. The van der Waals surface area contributed by atoms with E-state index in [1.807, 2.05) is 25.1 Å². The molecule has 0 aliphatic rings. The third-order valence-electron chi connectivity index (χ3n) is 3.34. The van der Waals surface area contributed by atoms with E-state index in [1.54, 1.807) is 0 Å². The van der Waals surface area contributed by atoms with Gasteiger partial charge in [0.15, 0.2) is 0 Å². The normalized spacial score (nSPS) is 12.6. The first-order chi connectivity index (χ1) is 9.63. The molecule has 0 fully saturated rings. The number of fused-ring (bicyclic) bond motifs is 1. The molecule has 1 aromatic heterocycles. The Bertz CT molecular complexity index is 580. The van der Waals surface area contributed by atoms with Gasteiger partial charge >= 0.3 is 0 Å². The summed E-state index contributed by atoms with van der Waals surface area (Å²) in [5.41, 5.74) is 7.72. The van der Waals surface area contributed by atoms with E-state index >= 15 is 0 Å². The highest BCUT2D eigenvalue weighted by Gasteiger charge is 2.11. The van der Waals surface area contributed by atoms with E-state index in [0.717, 1.165) is 35.7 Å². The van der Waals surface area contributed by atoms with Gasteiger partial charge in [0.05, 0.1) is 18.2 Å². The van der Waals surface area contributed by atoms with E-state index in [2.05, 4.69) is 22.2 Å². The van der Waals surface area contributed by atoms with Crippen molar-refractivity contribution in [2.75, 3.05) is 17.7 Å². The standard InChI is InChI=1S/C15H22N4O/c1-3-4-5-11(9-20)17-14-12-7-6-10(2)8-13(12)18-15(16)19-14/h6-8,11,20H,3-5,9H2,1-2H3,(H3,16,17,18,19)/t11-/m1/s1. The van der Waals surface area contributed by atoms with Crippen LogP contribution in [0.25, 0.3) is 10.9 Å². The number of benzene rings is 1. The number of aliphatic hydroxyl groups is 1. The molecule has 0 aliphatic carbocycles. The Hall–Kier alpha value is -1.88. The largest absolute Gasteiger partial charge is 0.394 e. The minimum Gasteiger partial charge on any atom is -0.394 e. The molecule has 1 atom stereocenters. The lowest BCUT2D eigenvalue weighted by molar-refractivity contribution is 0.267. The molecule has 2 aromatic rings. The maximum Gasteiger partial charge on any atom is 0.222 e. The van der Waals surface area contributed by atoms with E-state index < -0.39 is 0 Å². The summed E-state index contributed by atoms with van der Waals surface area (Å²) in [7, 11) is 0. The molecule has 1 heterocycles. The average Bonchev–Trinajstić information content (AvgIpc) is 2.42. The second-order valence-electron chi connectivity index (χ2n) is 5.12. The summed E-state index contributed by atoms with van der Waals surface area (Å²) in [6.07, 6.45) is 3.07. The van der Waals surface area contributed by atoms with Gasteiger partial charge in [-0.05, 0) is 31.0 Å². The molecule has 0 bridgehead atoms. The highest BCUT2D eigenvalue weighted by Crippen LogP contribution is 2.23. The van der Waals surface area contributed by atoms with Gasteiger partial charge in [0.2, 0.25) is 5.95 Å². The molecular formula is C15H22N4O. The lowest BCUT2D eigenvalue weighted by atomic mass is 10.1. The number of nitrogens with zero attached hydrogens (tertiary/aromatic N) is 2. The molecule has 5 heteroatoms. The van der Waals surface area contributed by atoms with Crippen molar-refractivity contribution in [3.8, 4) is 0 Å². The van der Waals surface area contributed by atoms with Crippen molar-refractivity contribution in [1.29, 1.82) is 0 Å². The number of hydrogen-bond donors (Lipinski definition) is 3. The van der Waals surface area contributed by atoms with E-state index in [4.69, 9.17) is 5.73 Å². The second kappa shape index (κ2) is 6.52. The first-order valence-corrected chi connectivity index (χ1v) is 7.05. The molecule has 0 amide bonds. The van der Waals surface area contributed by atoms with Gasteiger partial charge in [-0.2, -0.15) is 4.98 Å². The number of anilines is 2. The molecule has 1 aromatic carbocycles. The monoisotopic (exact) mass is 274 g/mol. The van der Waals surface area contributed by atoms with Crippen molar-refractivity contribution in [1.82, 2.24) is 9.97 Å². The molecule has 20 heavy (non-hydrogen) atoms. The fourth-order valence-corrected chi connectivity index (χ4v) is 2.22. The molecule has 4 N–H and O–H groups in total. The first kappa shape index (κ1) is 14.5. The number of aryl methyl sites for hydroxylation is 1. The van der Waals surface area contributed by atoms with Crippen LogP contribution in [0, 0.1) is 6.92 Å². The zero-order valence-corrected chi connectivity index (χ0v) is 12.1. The molecule has 5 nitrogen and oxygen atoms in total. The highest BCUT2D eigenvalue weighted by atomic mass is 16.3. The van der Waals surface area contributed by atoms with Crippen LogP contribution in [0.1, 0.15) is 31.7 Å². The molecule has 0 unspecified atom stereocenters. The Balaban J connectivity index is 2.32. The molecule has 0 saturated heterocycles. The number of hydrogen-bond acceptors (Lipinski definition) is 5. The van der Waals surface area contributed by atoms with Gasteiger partial charge in [-0.15, -0.1) is 0 Å². The van der Waals surface area contributed by atoms with Crippen molar-refractivity contribution >= 4 is 22.7 Å². The maximum atomic E-state index is 9.46. The number of aliphatic hydroxyl groups excluding tert-OH is 1. The van der Waals surface area contributed by atoms with Crippen LogP contribution in [-0.4, -0.2) is 27.7 Å². The third kappa shape index (κ3) is 3.36. The van der Waals surface area contributed by atoms with Crippen LogP contribution >= 0.6 is 0 Å². The van der Waals surface area contributed by atoms with Crippen LogP contribution in [-0.2, 0) is 0 Å². The summed E-state index contributed by atoms with van der Waals surface area (Å²) in [5, 5.41) is 13.7. The number of rotatable bonds is 6. The number of nitrogens with one attached hydrogen (secondary N) is 1. The summed E-state index contributed by atoms with van der Waals surface area (Å²) >= 11 is 0. The van der Waals surface area contributed by atoms with Crippen molar-refractivity contribution in [3.05, 3.63) is 23.8 Å². The Morgan fingerprint density at radius 1 is 1.35 bits per heavy atom. The van der Waals surface area contributed by atoms with Gasteiger partial charge in [-0.1, -0.05) is 25.8 Å². The summed E-state index contributed by atoms with van der Waals surface area (Å²) < 4.78 is 0. The van der Waals surface area contributed by atoms with Gasteiger partial charge in [-0.3, -0.25) is 0 Å². The van der Waals surface area contributed by atoms with E-state index in [9.17, 15) is 5.11 Å². The SMILES string of the molecule is CCCC[C@H](CO)Nc1nc(N)nc2cc(C)ccc12. The predicted molar refractivity (Wildman–Crippen MR) is 82.7 cm³/mol. The van der Waals surface area contributed by atoms with Crippen LogP contribution in [0.3, 0.4) is 0 Å². The summed E-state index contributed by atoms with van der Waals surface area (Å²) in [6, 6.07) is 5.99. The van der Waals surface area contributed by atoms with Crippen molar-refractivity contribution in [2.24, 2.45) is 0 Å². The maximum absolute atomic E-state index is 9.46. The molecule has 0 spiro atoms. The fourth-order valence-electron chi connectivity index (χ4n) is 2.22. The summed E-state index contributed by atoms with van der Waals surface area (Å²) in [4.78, 5) is 8.53. The Morgan fingerprint density at radius 2 is 2.15 bits per heavy atom. The van der Waals surface area contributed by atoms with E-state index in [0.29, 0.717) is 5.82 Å². The van der Waals surface area contributed by atoms with Crippen LogP contribution in [0.5, 0.6) is 0 Å². The zero-order chi connectivity index (χ0) is 14.5. The number of nitrogen functional groups attached to an aromatic ring is 1. The van der Waals surface area contributed by atoms with Crippen molar-refractivity contribution in [3.63, 3.8) is 0 Å². The topological polar surface area (TPSA) is 84.1 Å². The Morgan fingerprint density at radius 3 is 2.85 bits per heavy atom. The predicted octanol–water partition coefficient (Wildman–Crippen LogP) is 2.48. The van der Waals surface area contributed by atoms with Gasteiger partial charge in [-0.25, -0.2) is 4.98 Å². The molecule has 2 rings (SSSR count). The van der Waals surface area contributed by atoms with Gasteiger partial charge in [0.1, 0.15) is 5.82 Å². The second-order valence-corrected chi connectivity index (χ2v) is 5.12. The molecule has 0 aliphatic heterocycles. The third-order valence-corrected chi connectivity index (χ3v) is 3.34. The highest BCUT2D eigenvalue weighted by molar-refractivity contribution is 5.90. The van der Waals surface area contributed by atoms with Crippen LogP contribution < -0.4 is 11.1 Å². The quantitative estimate of drug-likeness (QED) is 0.753. The van der Waals surface area contributed by atoms with Gasteiger partial charge in [0.25, 0.3) is 0 Å². The average molecular weight is 274 g/mol. The molecule has 0 radical (unpaired) electrons. The smallest absolute Gasteiger partial charge is 0.222 e. The zero-order valence-electron chi connectivity index (χ0n) is 12.1. The minimum absolute atomic E-state index is 0.00578. The molecule has 108 valence electrons. The van der Waals surface area contributed by atoms with Gasteiger partial charge in [0, 0.05) is 5.39 Å². The van der Waals surface area contributed by atoms with Crippen molar-refractivity contribution in [2.45, 2.75) is 39.2 Å². The van der Waals surface area contributed by atoms with Crippen molar-refractivity contribution < 1.29 is 5.11 Å². The lowest BCUT2D eigenvalue weighted by Crippen LogP contribution is -2.24. The van der Waals surface area contributed by atoms with E-state index in [-0.39, 0.29) is 18.6 Å².